The summed E-state index contributed by atoms with van der Waals surface area (Å²) in [6, 6.07) is 16.5. The molecular formula is C30H24F2N4O4S2. The smallest absolute Gasteiger partial charge is 0.355 e. The van der Waals surface area contributed by atoms with E-state index in [0.717, 1.165) is 41.0 Å². The van der Waals surface area contributed by atoms with Crippen LogP contribution in [-0.4, -0.2) is 34.3 Å². The third-order valence-corrected chi connectivity index (χ3v) is 8.87. The Morgan fingerprint density at radius 3 is 2.36 bits per heavy atom. The van der Waals surface area contributed by atoms with Gasteiger partial charge in [0.15, 0.2) is 5.69 Å². The Hall–Kier alpha value is -4.26. The van der Waals surface area contributed by atoms with Crippen molar-refractivity contribution in [3.63, 3.8) is 0 Å². The molecule has 1 aliphatic rings. The van der Waals surface area contributed by atoms with Gasteiger partial charge in [0, 0.05) is 22.9 Å². The molecule has 12 heteroatoms. The van der Waals surface area contributed by atoms with Crippen LogP contribution in [0.1, 0.15) is 40.2 Å². The van der Waals surface area contributed by atoms with Crippen molar-refractivity contribution in [1.82, 2.24) is 14.8 Å². The summed E-state index contributed by atoms with van der Waals surface area (Å²) < 4.78 is 54.3. The minimum Gasteiger partial charge on any atom is -0.476 e. The van der Waals surface area contributed by atoms with Gasteiger partial charge in [-0.15, -0.1) is 11.3 Å². The van der Waals surface area contributed by atoms with Crippen LogP contribution in [0.5, 0.6) is 0 Å². The number of rotatable bonds is 9. The maximum absolute atomic E-state index is 15.1. The third kappa shape index (κ3) is 5.87. The molecule has 2 heterocycles. The Morgan fingerprint density at radius 2 is 1.71 bits per heavy atom. The Morgan fingerprint density at radius 1 is 1.00 bits per heavy atom. The van der Waals surface area contributed by atoms with Crippen molar-refractivity contribution in [2.24, 2.45) is 11.1 Å². The molecule has 0 spiro atoms. The summed E-state index contributed by atoms with van der Waals surface area (Å²) in [6.45, 7) is 0. The Bertz CT molecular complexity index is 1930. The molecule has 0 unspecified atom stereocenters. The molecule has 0 amide bonds. The van der Waals surface area contributed by atoms with Gasteiger partial charge in [0.2, 0.25) is 15.2 Å². The van der Waals surface area contributed by atoms with Crippen LogP contribution >= 0.6 is 11.3 Å². The molecule has 8 nitrogen and oxygen atoms in total. The fraction of sp³-hybridized carbons (Fsp3) is 0.167. The first-order valence-electron chi connectivity index (χ1n) is 13.0. The van der Waals surface area contributed by atoms with Gasteiger partial charge in [0.1, 0.15) is 11.6 Å². The first kappa shape index (κ1) is 27.9. The van der Waals surface area contributed by atoms with Crippen molar-refractivity contribution >= 4 is 27.3 Å². The van der Waals surface area contributed by atoms with Gasteiger partial charge in [-0.1, -0.05) is 24.3 Å². The standard InChI is InChI=1S/C30H24F2N4O4S2/c31-22-3-1-2-19(13-22)20-12-21(15-23(32)14-20)28-25(10-17-6-8-24(9-7-17)42(33,39)40)27(11-18-4-5-18)36(35-28)30-34-26(16-41-30)29(37)38/h1-3,6-9,12-16,18H,4-5,10-11H2,(H,37,38)(H2,33,39,40). The van der Waals surface area contributed by atoms with Crippen molar-refractivity contribution in [3.8, 4) is 27.5 Å². The average molecular weight is 607 g/mol. The molecule has 0 aliphatic heterocycles. The summed E-state index contributed by atoms with van der Waals surface area (Å²) in [7, 11) is -3.87. The van der Waals surface area contributed by atoms with E-state index in [1.54, 1.807) is 35.0 Å². The molecule has 0 saturated heterocycles. The highest BCUT2D eigenvalue weighted by Crippen LogP contribution is 2.39. The molecule has 1 saturated carbocycles. The lowest BCUT2D eigenvalue weighted by Crippen LogP contribution is -2.12. The zero-order chi connectivity index (χ0) is 29.6. The van der Waals surface area contributed by atoms with Crippen molar-refractivity contribution in [1.29, 1.82) is 0 Å². The van der Waals surface area contributed by atoms with Crippen LogP contribution in [0.25, 0.3) is 27.5 Å². The van der Waals surface area contributed by atoms with Crippen LogP contribution in [0.15, 0.2) is 77.0 Å². The number of carbonyl (C=O) groups is 1. The second-order valence-corrected chi connectivity index (χ2v) is 12.7. The number of primary sulfonamides is 1. The van der Waals surface area contributed by atoms with E-state index in [9.17, 15) is 22.7 Å². The van der Waals surface area contributed by atoms with Crippen LogP contribution in [-0.2, 0) is 22.9 Å². The minimum absolute atomic E-state index is 0.0192. The number of nitrogens with two attached hydrogens (primary N) is 1. The first-order chi connectivity index (χ1) is 20.0. The summed E-state index contributed by atoms with van der Waals surface area (Å²) in [6.07, 6.45) is 3.03. The van der Waals surface area contributed by atoms with Gasteiger partial charge in [0.05, 0.1) is 16.3 Å². The number of benzene rings is 3. The lowest BCUT2D eigenvalue weighted by atomic mass is 9.95. The molecule has 1 fully saturated rings. The van der Waals surface area contributed by atoms with E-state index in [2.05, 4.69) is 4.98 Å². The fourth-order valence-corrected chi connectivity index (χ4v) is 6.18. The van der Waals surface area contributed by atoms with Crippen molar-refractivity contribution in [2.75, 3.05) is 0 Å². The Labute approximate surface area is 244 Å². The average Bonchev–Trinajstić information content (AvgIpc) is 3.50. The molecule has 1 aliphatic carbocycles. The molecule has 0 bridgehead atoms. The van der Waals surface area contributed by atoms with Crippen LogP contribution in [0, 0.1) is 17.6 Å². The topological polar surface area (TPSA) is 128 Å². The normalized spacial score (nSPS) is 13.4. The predicted octanol–water partition coefficient (Wildman–Crippen LogP) is 5.83. The van der Waals surface area contributed by atoms with Gasteiger partial charge in [-0.3, -0.25) is 0 Å². The molecule has 2 aromatic heterocycles. The van der Waals surface area contributed by atoms with E-state index >= 15 is 4.39 Å². The second-order valence-electron chi connectivity index (χ2n) is 10.3. The van der Waals surface area contributed by atoms with Gasteiger partial charge < -0.3 is 5.11 Å². The number of nitrogens with zero attached hydrogens (tertiary/aromatic N) is 3. The maximum atomic E-state index is 15.1. The monoisotopic (exact) mass is 606 g/mol. The molecule has 6 rings (SSSR count). The molecule has 0 atom stereocenters. The zero-order valence-electron chi connectivity index (χ0n) is 22.0. The fourth-order valence-electron chi connectivity index (χ4n) is 4.89. The predicted molar refractivity (Wildman–Crippen MR) is 154 cm³/mol. The van der Waals surface area contributed by atoms with E-state index in [0.29, 0.717) is 46.3 Å². The Balaban J connectivity index is 1.54. The molecule has 3 N–H and O–H groups in total. The van der Waals surface area contributed by atoms with Crippen LogP contribution in [0.3, 0.4) is 0 Å². The van der Waals surface area contributed by atoms with Crippen molar-refractivity contribution in [3.05, 3.63) is 106 Å². The number of carboxylic acid groups (broad SMARTS) is 1. The number of thiazole rings is 1. The Kier molecular flexibility index (Phi) is 7.21. The van der Waals surface area contributed by atoms with Gasteiger partial charge in [-0.05, 0) is 84.3 Å². The molecular weight excluding hydrogens is 582 g/mol. The number of aromatic carboxylic acids is 1. The number of halogens is 2. The number of hydrogen-bond donors (Lipinski definition) is 2. The van der Waals surface area contributed by atoms with Gasteiger partial charge in [-0.25, -0.2) is 36.8 Å². The number of sulfonamides is 1. The minimum atomic E-state index is -3.87. The third-order valence-electron chi connectivity index (χ3n) is 7.12. The summed E-state index contributed by atoms with van der Waals surface area (Å²) >= 11 is 1.14. The second kappa shape index (κ2) is 10.9. The molecule has 214 valence electrons. The molecule has 42 heavy (non-hydrogen) atoms. The van der Waals surface area contributed by atoms with Crippen molar-refractivity contribution < 1.29 is 27.1 Å². The molecule has 0 radical (unpaired) electrons. The number of carboxylic acids is 1. The number of aromatic nitrogens is 3. The van der Waals surface area contributed by atoms with Crippen LogP contribution < -0.4 is 5.14 Å². The quantitative estimate of drug-likeness (QED) is 0.217. The highest BCUT2D eigenvalue weighted by atomic mass is 32.2. The maximum Gasteiger partial charge on any atom is 0.355 e. The summed E-state index contributed by atoms with van der Waals surface area (Å²) in [4.78, 5) is 15.8. The lowest BCUT2D eigenvalue weighted by Gasteiger charge is -2.10. The van der Waals surface area contributed by atoms with Crippen LogP contribution in [0.2, 0.25) is 0 Å². The van der Waals surface area contributed by atoms with E-state index in [1.165, 1.54) is 41.8 Å². The van der Waals surface area contributed by atoms with E-state index < -0.39 is 27.6 Å². The molecule has 3 aromatic carbocycles. The van der Waals surface area contributed by atoms with E-state index in [1.807, 2.05) is 0 Å². The van der Waals surface area contributed by atoms with Crippen molar-refractivity contribution in [2.45, 2.75) is 30.6 Å². The summed E-state index contributed by atoms with van der Waals surface area (Å²) in [5.41, 5.74) is 4.13. The lowest BCUT2D eigenvalue weighted by molar-refractivity contribution is 0.0691. The first-order valence-corrected chi connectivity index (χ1v) is 15.5. The van der Waals surface area contributed by atoms with E-state index in [-0.39, 0.29) is 10.6 Å². The van der Waals surface area contributed by atoms with E-state index in [4.69, 9.17) is 10.2 Å². The SMILES string of the molecule is NS(=O)(=O)c1ccc(Cc2c(-c3cc(F)cc(-c4cccc(F)c4)c3)nn(-c3nc(C(=O)O)cs3)c2CC2CC2)cc1. The largest absolute Gasteiger partial charge is 0.476 e. The number of hydrogen-bond acceptors (Lipinski definition) is 6. The summed E-state index contributed by atoms with van der Waals surface area (Å²) in [5, 5.41) is 21.4. The summed E-state index contributed by atoms with van der Waals surface area (Å²) in [5.74, 6) is -1.73. The van der Waals surface area contributed by atoms with Gasteiger partial charge in [-0.2, -0.15) is 5.10 Å². The highest BCUT2D eigenvalue weighted by molar-refractivity contribution is 7.89. The van der Waals surface area contributed by atoms with Gasteiger partial charge in [0.25, 0.3) is 0 Å². The zero-order valence-corrected chi connectivity index (χ0v) is 23.6. The molecule has 5 aromatic rings. The van der Waals surface area contributed by atoms with Gasteiger partial charge >= 0.3 is 5.97 Å². The van der Waals surface area contributed by atoms with Crippen LogP contribution in [0.4, 0.5) is 8.78 Å². The highest BCUT2D eigenvalue weighted by Gasteiger charge is 2.29.